The normalized spacial score (nSPS) is 14.1. The third-order valence-electron chi connectivity index (χ3n) is 4.12. The van der Waals surface area contributed by atoms with E-state index < -0.39 is 11.9 Å². The molecule has 0 bridgehead atoms. The van der Waals surface area contributed by atoms with Gasteiger partial charge in [0.1, 0.15) is 0 Å². The predicted molar refractivity (Wildman–Crippen MR) is 81.4 cm³/mol. The largest absolute Gasteiger partial charge is 1.00 e. The third kappa shape index (κ3) is 3.34. The standard InChI is InChI=1S/C18H17NO3.Na/c1-2-15(18(21)22)12-7-9-14(10-8-12)19-11-13-5-3-4-6-16(13)17(19)20;/h3-10,15H,2,11H2,1H3,(H,21,22);/q;+1/p-1. The van der Waals surface area contributed by atoms with Gasteiger partial charge in [0.25, 0.3) is 5.91 Å². The van der Waals surface area contributed by atoms with Crippen LogP contribution < -0.4 is 39.6 Å². The summed E-state index contributed by atoms with van der Waals surface area (Å²) in [6.07, 6.45) is 0.482. The number of carboxylic acids is 1. The molecule has 1 heterocycles. The molecule has 0 radical (unpaired) electrons. The van der Waals surface area contributed by atoms with Crippen LogP contribution in [-0.2, 0) is 11.3 Å². The van der Waals surface area contributed by atoms with E-state index in [1.54, 1.807) is 29.2 Å². The molecule has 1 aliphatic rings. The number of carbonyl (C=O) groups excluding carboxylic acids is 2. The van der Waals surface area contributed by atoms with Crippen LogP contribution in [0.1, 0.15) is 40.7 Å². The number of carbonyl (C=O) groups is 2. The molecule has 23 heavy (non-hydrogen) atoms. The first-order valence-electron chi connectivity index (χ1n) is 7.32. The Morgan fingerprint density at radius 1 is 1.17 bits per heavy atom. The van der Waals surface area contributed by atoms with Crippen LogP contribution >= 0.6 is 0 Å². The minimum absolute atomic E-state index is 0. The average Bonchev–Trinajstić information content (AvgIpc) is 2.86. The summed E-state index contributed by atoms with van der Waals surface area (Å²) in [7, 11) is 0. The van der Waals surface area contributed by atoms with E-state index in [2.05, 4.69) is 0 Å². The van der Waals surface area contributed by atoms with Crippen molar-refractivity contribution >= 4 is 17.6 Å². The van der Waals surface area contributed by atoms with Gasteiger partial charge in [-0.3, -0.25) is 4.79 Å². The van der Waals surface area contributed by atoms with Gasteiger partial charge in [0.15, 0.2) is 0 Å². The van der Waals surface area contributed by atoms with Crippen LogP contribution in [0.2, 0.25) is 0 Å². The smallest absolute Gasteiger partial charge is 0.549 e. The van der Waals surface area contributed by atoms with Crippen molar-refractivity contribution in [2.24, 2.45) is 0 Å². The van der Waals surface area contributed by atoms with Gasteiger partial charge in [-0.15, -0.1) is 0 Å². The topological polar surface area (TPSA) is 60.4 Å². The van der Waals surface area contributed by atoms with Crippen LogP contribution in [-0.4, -0.2) is 11.9 Å². The summed E-state index contributed by atoms with van der Waals surface area (Å²) >= 11 is 0. The van der Waals surface area contributed by atoms with E-state index in [1.165, 1.54) is 0 Å². The van der Waals surface area contributed by atoms with E-state index in [4.69, 9.17) is 0 Å². The number of hydrogen-bond acceptors (Lipinski definition) is 3. The third-order valence-corrected chi connectivity index (χ3v) is 4.12. The first-order chi connectivity index (χ1) is 10.6. The van der Waals surface area contributed by atoms with Crippen molar-refractivity contribution in [3.8, 4) is 0 Å². The number of amides is 1. The summed E-state index contributed by atoms with van der Waals surface area (Å²) in [5.74, 6) is -1.70. The summed E-state index contributed by atoms with van der Waals surface area (Å²) in [6, 6.07) is 14.7. The van der Waals surface area contributed by atoms with E-state index in [-0.39, 0.29) is 35.5 Å². The van der Waals surface area contributed by atoms with Crippen molar-refractivity contribution in [2.75, 3.05) is 4.90 Å². The Bertz CT molecular complexity index is 727. The molecule has 0 N–H and O–H groups in total. The molecule has 0 aliphatic carbocycles. The molecule has 0 saturated carbocycles. The summed E-state index contributed by atoms with van der Waals surface area (Å²) in [5, 5.41) is 11.1. The van der Waals surface area contributed by atoms with Crippen molar-refractivity contribution in [3.63, 3.8) is 0 Å². The maximum Gasteiger partial charge on any atom is 1.00 e. The number of hydrogen-bond donors (Lipinski definition) is 0. The van der Waals surface area contributed by atoms with E-state index in [9.17, 15) is 14.7 Å². The Morgan fingerprint density at radius 2 is 1.83 bits per heavy atom. The Balaban J connectivity index is 0.00000192. The molecule has 4 nitrogen and oxygen atoms in total. The maximum absolute atomic E-state index is 12.4. The molecule has 3 rings (SSSR count). The number of fused-ring (bicyclic) bond motifs is 1. The minimum Gasteiger partial charge on any atom is -0.549 e. The van der Waals surface area contributed by atoms with Crippen molar-refractivity contribution in [3.05, 3.63) is 65.2 Å². The fourth-order valence-electron chi connectivity index (χ4n) is 2.89. The zero-order valence-corrected chi connectivity index (χ0v) is 15.3. The number of anilines is 1. The molecule has 1 atom stereocenters. The Kier molecular flexibility index (Phi) is 5.63. The zero-order chi connectivity index (χ0) is 15.7. The van der Waals surface area contributed by atoms with Crippen molar-refractivity contribution in [1.82, 2.24) is 0 Å². The summed E-state index contributed by atoms with van der Waals surface area (Å²) in [5.41, 5.74) is 3.22. The van der Waals surface area contributed by atoms with Gasteiger partial charge in [-0.2, -0.15) is 0 Å². The van der Waals surface area contributed by atoms with Crippen LogP contribution in [0.15, 0.2) is 48.5 Å². The Hall–Kier alpha value is -1.62. The van der Waals surface area contributed by atoms with Crippen LogP contribution in [0.3, 0.4) is 0 Å². The van der Waals surface area contributed by atoms with Crippen LogP contribution in [0.25, 0.3) is 0 Å². The maximum atomic E-state index is 12.4. The molecule has 1 unspecified atom stereocenters. The van der Waals surface area contributed by atoms with Gasteiger partial charge < -0.3 is 14.8 Å². The van der Waals surface area contributed by atoms with Gasteiger partial charge in [-0.1, -0.05) is 37.3 Å². The molecule has 0 spiro atoms. The van der Waals surface area contributed by atoms with Gasteiger partial charge in [0.05, 0.1) is 6.54 Å². The number of rotatable bonds is 4. The second kappa shape index (κ2) is 7.30. The van der Waals surface area contributed by atoms with Gasteiger partial charge >= 0.3 is 29.6 Å². The molecular formula is C18H16NNaO3. The number of nitrogens with zero attached hydrogens (tertiary/aromatic N) is 1. The van der Waals surface area contributed by atoms with Gasteiger partial charge in [0, 0.05) is 23.1 Å². The van der Waals surface area contributed by atoms with Gasteiger partial charge in [0.2, 0.25) is 0 Å². The number of benzene rings is 2. The molecular weight excluding hydrogens is 301 g/mol. The molecule has 0 aromatic heterocycles. The number of aliphatic carboxylic acids is 1. The number of carboxylic acid groups (broad SMARTS) is 1. The molecule has 112 valence electrons. The molecule has 5 heteroatoms. The Labute approximate surface area is 157 Å². The first-order valence-corrected chi connectivity index (χ1v) is 7.32. The molecule has 1 aliphatic heterocycles. The summed E-state index contributed by atoms with van der Waals surface area (Å²) in [4.78, 5) is 25.2. The van der Waals surface area contributed by atoms with Crippen LogP contribution in [0.4, 0.5) is 5.69 Å². The van der Waals surface area contributed by atoms with E-state index in [1.807, 2.05) is 31.2 Å². The molecule has 2 aromatic carbocycles. The second-order valence-electron chi connectivity index (χ2n) is 5.42. The average molecular weight is 317 g/mol. The fraction of sp³-hybridized carbons (Fsp3) is 0.222. The Morgan fingerprint density at radius 3 is 2.39 bits per heavy atom. The molecule has 0 saturated heterocycles. The summed E-state index contributed by atoms with van der Waals surface area (Å²) < 4.78 is 0. The van der Waals surface area contributed by atoms with Crippen molar-refractivity contribution < 1.29 is 44.3 Å². The zero-order valence-electron chi connectivity index (χ0n) is 13.3. The van der Waals surface area contributed by atoms with Crippen LogP contribution in [0.5, 0.6) is 0 Å². The van der Waals surface area contributed by atoms with Gasteiger partial charge in [-0.05, 0) is 35.7 Å². The molecule has 0 fully saturated rings. The predicted octanol–water partition coefficient (Wildman–Crippen LogP) is -0.905. The van der Waals surface area contributed by atoms with E-state index >= 15 is 0 Å². The fourth-order valence-corrected chi connectivity index (χ4v) is 2.89. The quantitative estimate of drug-likeness (QED) is 0.686. The van der Waals surface area contributed by atoms with Gasteiger partial charge in [-0.25, -0.2) is 0 Å². The van der Waals surface area contributed by atoms with E-state index in [0.29, 0.717) is 18.5 Å². The molecule has 1 amide bonds. The second-order valence-corrected chi connectivity index (χ2v) is 5.42. The minimum atomic E-state index is -1.07. The SMILES string of the molecule is CCC(C(=O)[O-])c1ccc(N2Cc3ccccc3C2=O)cc1.[Na+]. The van der Waals surface area contributed by atoms with Crippen molar-refractivity contribution in [1.29, 1.82) is 0 Å². The van der Waals surface area contributed by atoms with E-state index in [0.717, 1.165) is 16.8 Å². The molecule has 2 aromatic rings. The first kappa shape index (κ1) is 17.7. The van der Waals surface area contributed by atoms with Crippen LogP contribution in [0, 0.1) is 0 Å². The monoisotopic (exact) mass is 317 g/mol. The summed E-state index contributed by atoms with van der Waals surface area (Å²) in [6.45, 7) is 2.36. The van der Waals surface area contributed by atoms with Crippen molar-refractivity contribution in [2.45, 2.75) is 25.8 Å².